The highest BCUT2D eigenvalue weighted by Gasteiger charge is 2.01. The quantitative estimate of drug-likeness (QED) is 0.862. The van der Waals surface area contributed by atoms with Crippen LogP contribution in [0.4, 0.5) is 0 Å². The van der Waals surface area contributed by atoms with Gasteiger partial charge < -0.3 is 4.74 Å². The fraction of sp³-hybridized carbons (Fsp3) is 0.200. The molecule has 1 aromatic carbocycles. The largest absolute Gasteiger partial charge is 0.370 e. The minimum Gasteiger partial charge on any atom is -0.370 e. The molecule has 0 N–H and O–H groups in total. The van der Waals surface area contributed by atoms with Crippen LogP contribution in [0.2, 0.25) is 4.47 Å². The van der Waals surface area contributed by atoms with Gasteiger partial charge in [0.1, 0.15) is 11.6 Å². The molecule has 0 unspecified atom stereocenters. The fourth-order valence-corrected chi connectivity index (χ4v) is 2.20. The number of nitrogens with zero attached hydrogens (tertiary/aromatic N) is 2. The van der Waals surface area contributed by atoms with Crippen LogP contribution in [0.25, 0.3) is 0 Å². The summed E-state index contributed by atoms with van der Waals surface area (Å²) in [6, 6.07) is 8.00. The second-order valence-electron chi connectivity index (χ2n) is 3.07. The van der Waals surface area contributed by atoms with E-state index in [-0.39, 0.29) is 0 Å². The second kappa shape index (κ2) is 5.72. The first kappa shape index (κ1) is 12.0. The van der Waals surface area contributed by atoms with Crippen molar-refractivity contribution >= 4 is 38.9 Å². The normalized spacial score (nSPS) is 10.6. The minimum absolute atomic E-state index is 0.445. The minimum atomic E-state index is 0.445. The molecule has 1 aromatic heterocycles. The first-order valence-electron chi connectivity index (χ1n) is 4.54. The Kier molecular flexibility index (Phi) is 4.29. The third-order valence-electron chi connectivity index (χ3n) is 1.85. The maximum absolute atomic E-state index is 5.66. The molecule has 0 fully saturated rings. The average molecular weight is 320 g/mol. The van der Waals surface area contributed by atoms with Crippen molar-refractivity contribution in [1.29, 1.82) is 0 Å². The standard InChI is InChI=1S/C10H8BrClN2OS/c11-8-3-1-7(2-4-8)5-15-6-9-13-14-10(12)16-9/h1-4H,5-6H2. The van der Waals surface area contributed by atoms with E-state index in [9.17, 15) is 0 Å². The van der Waals surface area contributed by atoms with E-state index in [2.05, 4.69) is 26.1 Å². The lowest BCUT2D eigenvalue weighted by molar-refractivity contribution is 0.106. The van der Waals surface area contributed by atoms with E-state index >= 15 is 0 Å². The SMILES string of the molecule is Clc1nnc(COCc2ccc(Br)cc2)s1. The summed E-state index contributed by atoms with van der Waals surface area (Å²) in [5.41, 5.74) is 1.12. The molecular weight excluding hydrogens is 312 g/mol. The molecule has 2 aromatic rings. The summed E-state index contributed by atoms with van der Waals surface area (Å²) in [7, 11) is 0. The highest BCUT2D eigenvalue weighted by atomic mass is 79.9. The lowest BCUT2D eigenvalue weighted by Crippen LogP contribution is -1.93. The monoisotopic (exact) mass is 318 g/mol. The van der Waals surface area contributed by atoms with Crippen molar-refractivity contribution in [2.45, 2.75) is 13.2 Å². The van der Waals surface area contributed by atoms with Crippen LogP contribution >= 0.6 is 38.9 Å². The average Bonchev–Trinajstić information content (AvgIpc) is 2.67. The maximum atomic E-state index is 5.66. The molecule has 0 bridgehead atoms. The molecule has 0 aliphatic rings. The van der Waals surface area contributed by atoms with Crippen molar-refractivity contribution < 1.29 is 4.74 Å². The summed E-state index contributed by atoms with van der Waals surface area (Å²) < 4.78 is 7.00. The third-order valence-corrected chi connectivity index (χ3v) is 3.37. The number of hydrogen-bond donors (Lipinski definition) is 0. The molecule has 6 heteroatoms. The van der Waals surface area contributed by atoms with Gasteiger partial charge in [0.2, 0.25) is 4.47 Å². The molecule has 2 rings (SSSR count). The van der Waals surface area contributed by atoms with Gasteiger partial charge in [0.05, 0.1) is 6.61 Å². The third kappa shape index (κ3) is 3.52. The number of benzene rings is 1. The van der Waals surface area contributed by atoms with Crippen molar-refractivity contribution in [3.8, 4) is 0 Å². The molecule has 0 spiro atoms. The summed E-state index contributed by atoms with van der Waals surface area (Å²) in [4.78, 5) is 0. The molecular formula is C10H8BrClN2OS. The van der Waals surface area contributed by atoms with Gasteiger partial charge in [0.25, 0.3) is 0 Å². The predicted molar refractivity (Wildman–Crippen MR) is 67.6 cm³/mol. The second-order valence-corrected chi connectivity index (χ2v) is 5.63. The molecule has 1 heterocycles. The van der Waals surface area contributed by atoms with E-state index in [1.807, 2.05) is 24.3 Å². The molecule has 0 amide bonds. The van der Waals surface area contributed by atoms with E-state index in [0.717, 1.165) is 15.0 Å². The van der Waals surface area contributed by atoms with E-state index in [4.69, 9.17) is 16.3 Å². The van der Waals surface area contributed by atoms with Crippen LogP contribution in [0.3, 0.4) is 0 Å². The van der Waals surface area contributed by atoms with Crippen LogP contribution in [-0.4, -0.2) is 10.2 Å². The Hall–Kier alpha value is -0.490. The Bertz CT molecular complexity index is 460. The summed E-state index contributed by atoms with van der Waals surface area (Å²) in [6.45, 7) is 1.00. The molecule has 0 atom stereocenters. The van der Waals surface area contributed by atoms with Crippen LogP contribution in [0.15, 0.2) is 28.7 Å². The molecule has 0 aliphatic carbocycles. The smallest absolute Gasteiger partial charge is 0.207 e. The summed E-state index contributed by atoms with van der Waals surface area (Å²) in [5, 5.41) is 8.36. The van der Waals surface area contributed by atoms with E-state index in [1.54, 1.807) is 0 Å². The molecule has 3 nitrogen and oxygen atoms in total. The Morgan fingerprint density at radius 1 is 1.19 bits per heavy atom. The van der Waals surface area contributed by atoms with E-state index < -0.39 is 0 Å². The maximum Gasteiger partial charge on any atom is 0.207 e. The van der Waals surface area contributed by atoms with Crippen molar-refractivity contribution in [2.24, 2.45) is 0 Å². The van der Waals surface area contributed by atoms with Crippen molar-refractivity contribution in [2.75, 3.05) is 0 Å². The Balaban J connectivity index is 1.82. The van der Waals surface area contributed by atoms with Crippen molar-refractivity contribution in [3.63, 3.8) is 0 Å². The van der Waals surface area contributed by atoms with E-state index in [1.165, 1.54) is 11.3 Å². The first-order chi connectivity index (χ1) is 7.74. The first-order valence-corrected chi connectivity index (χ1v) is 6.53. The van der Waals surface area contributed by atoms with Gasteiger partial charge in [0.15, 0.2) is 0 Å². The highest BCUT2D eigenvalue weighted by Crippen LogP contribution is 2.16. The molecule has 0 aliphatic heterocycles. The number of halogens is 2. The molecule has 16 heavy (non-hydrogen) atoms. The fourth-order valence-electron chi connectivity index (χ4n) is 1.13. The predicted octanol–water partition coefficient (Wildman–Crippen LogP) is 3.67. The number of aromatic nitrogens is 2. The highest BCUT2D eigenvalue weighted by molar-refractivity contribution is 9.10. The van der Waals surface area contributed by atoms with Crippen LogP contribution in [0, 0.1) is 0 Å². The van der Waals surface area contributed by atoms with Crippen molar-refractivity contribution in [1.82, 2.24) is 10.2 Å². The zero-order valence-corrected chi connectivity index (χ0v) is 11.3. The van der Waals surface area contributed by atoms with Gasteiger partial charge in [-0.1, -0.05) is 39.4 Å². The van der Waals surface area contributed by atoms with Crippen LogP contribution in [0.1, 0.15) is 10.6 Å². The summed E-state index contributed by atoms with van der Waals surface area (Å²) >= 11 is 10.4. The van der Waals surface area contributed by atoms with Crippen LogP contribution in [0.5, 0.6) is 0 Å². The summed E-state index contributed by atoms with van der Waals surface area (Å²) in [5.74, 6) is 0. The van der Waals surface area contributed by atoms with Gasteiger partial charge in [-0.05, 0) is 29.3 Å². The lowest BCUT2D eigenvalue weighted by Gasteiger charge is -2.01. The lowest BCUT2D eigenvalue weighted by atomic mass is 10.2. The van der Waals surface area contributed by atoms with Gasteiger partial charge >= 0.3 is 0 Å². The Labute approximate surface area is 111 Å². The Morgan fingerprint density at radius 3 is 2.56 bits per heavy atom. The zero-order chi connectivity index (χ0) is 11.4. The summed E-state index contributed by atoms with van der Waals surface area (Å²) in [6.07, 6.45) is 0. The number of rotatable bonds is 4. The van der Waals surface area contributed by atoms with E-state index in [0.29, 0.717) is 17.7 Å². The van der Waals surface area contributed by atoms with Gasteiger partial charge in [0, 0.05) is 4.47 Å². The Morgan fingerprint density at radius 2 is 1.94 bits per heavy atom. The van der Waals surface area contributed by atoms with Crippen LogP contribution in [-0.2, 0) is 18.0 Å². The van der Waals surface area contributed by atoms with Gasteiger partial charge in [-0.2, -0.15) is 0 Å². The topological polar surface area (TPSA) is 35.0 Å². The zero-order valence-electron chi connectivity index (χ0n) is 8.19. The van der Waals surface area contributed by atoms with Gasteiger partial charge in [-0.25, -0.2) is 0 Å². The van der Waals surface area contributed by atoms with Crippen LogP contribution < -0.4 is 0 Å². The molecule has 0 saturated heterocycles. The van der Waals surface area contributed by atoms with Gasteiger partial charge in [-0.3, -0.25) is 0 Å². The molecule has 0 saturated carbocycles. The van der Waals surface area contributed by atoms with Crippen molar-refractivity contribution in [3.05, 3.63) is 43.8 Å². The number of ether oxygens (including phenoxy) is 1. The number of hydrogen-bond acceptors (Lipinski definition) is 4. The van der Waals surface area contributed by atoms with Gasteiger partial charge in [-0.15, -0.1) is 10.2 Å². The molecule has 0 radical (unpaired) electrons. The molecule has 84 valence electrons.